The molecule has 0 saturated carbocycles. The topological polar surface area (TPSA) is 55.8 Å². The van der Waals surface area contributed by atoms with Crippen LogP contribution in [-0.2, 0) is 19.9 Å². The van der Waals surface area contributed by atoms with Crippen molar-refractivity contribution in [3.8, 4) is 0 Å². The fraction of sp³-hybridized carbons (Fsp3) is 0.462. The molecule has 0 spiro atoms. The average molecular weight is 317 g/mol. The Morgan fingerprint density at radius 2 is 2.00 bits per heavy atom. The second kappa shape index (κ2) is 6.87. The van der Waals surface area contributed by atoms with Gasteiger partial charge >= 0.3 is 5.97 Å². The number of esters is 1. The van der Waals surface area contributed by atoms with Crippen molar-refractivity contribution in [3.05, 3.63) is 34.3 Å². The van der Waals surface area contributed by atoms with Gasteiger partial charge < -0.3 is 14.6 Å². The Morgan fingerprint density at radius 3 is 2.50 bits per heavy atom. The maximum Gasteiger partial charge on any atom is 0.342 e. The number of ether oxygens (including phenoxy) is 2. The van der Waals surface area contributed by atoms with Crippen LogP contribution in [0.3, 0.4) is 0 Å². The molecule has 0 aliphatic carbocycles. The molecule has 0 amide bonds. The van der Waals surface area contributed by atoms with Gasteiger partial charge in [-0.15, -0.1) is 0 Å². The number of carbonyl (C=O) groups is 1. The van der Waals surface area contributed by atoms with E-state index < -0.39 is 11.6 Å². The summed E-state index contributed by atoms with van der Waals surface area (Å²) in [6.07, 6.45) is 0.157. The largest absolute Gasteiger partial charge is 0.464 e. The molecule has 0 fully saturated rings. The van der Waals surface area contributed by atoms with Crippen molar-refractivity contribution >= 4 is 21.9 Å². The van der Waals surface area contributed by atoms with E-state index >= 15 is 0 Å². The standard InChI is InChI=1S/C13H17BrO4/c1-3-18-12(15)13(16,8-9-17-2)10-4-6-11(14)7-5-10/h4-7,16H,3,8-9H2,1-2H3/t13-/m0/s1. The van der Waals surface area contributed by atoms with E-state index in [2.05, 4.69) is 15.9 Å². The van der Waals surface area contributed by atoms with Gasteiger partial charge in [0.15, 0.2) is 5.60 Å². The van der Waals surface area contributed by atoms with Gasteiger partial charge in [-0.2, -0.15) is 0 Å². The van der Waals surface area contributed by atoms with E-state index in [4.69, 9.17) is 9.47 Å². The van der Waals surface area contributed by atoms with Crippen molar-refractivity contribution in [3.63, 3.8) is 0 Å². The van der Waals surface area contributed by atoms with Crippen LogP contribution >= 0.6 is 15.9 Å². The Morgan fingerprint density at radius 1 is 1.39 bits per heavy atom. The first kappa shape index (κ1) is 15.1. The van der Waals surface area contributed by atoms with Gasteiger partial charge in [-0.3, -0.25) is 0 Å². The maximum absolute atomic E-state index is 11.9. The van der Waals surface area contributed by atoms with Gasteiger partial charge in [0.1, 0.15) is 0 Å². The van der Waals surface area contributed by atoms with Crippen LogP contribution in [0.1, 0.15) is 18.9 Å². The van der Waals surface area contributed by atoms with Crippen molar-refractivity contribution in [1.82, 2.24) is 0 Å². The first-order valence-electron chi connectivity index (χ1n) is 5.69. The normalized spacial score (nSPS) is 14.0. The molecule has 1 aromatic rings. The first-order chi connectivity index (χ1) is 8.54. The average Bonchev–Trinajstić information content (AvgIpc) is 2.37. The minimum atomic E-state index is -1.66. The van der Waals surface area contributed by atoms with Crippen molar-refractivity contribution in [1.29, 1.82) is 0 Å². The molecule has 4 nitrogen and oxygen atoms in total. The van der Waals surface area contributed by atoms with E-state index in [9.17, 15) is 9.90 Å². The summed E-state index contributed by atoms with van der Waals surface area (Å²) in [6, 6.07) is 6.92. The first-order valence-corrected chi connectivity index (χ1v) is 6.48. The number of aliphatic hydroxyl groups is 1. The Hall–Kier alpha value is -0.910. The van der Waals surface area contributed by atoms with Crippen molar-refractivity contribution in [2.24, 2.45) is 0 Å². The molecule has 18 heavy (non-hydrogen) atoms. The molecule has 100 valence electrons. The molecule has 0 bridgehead atoms. The van der Waals surface area contributed by atoms with E-state index in [0.29, 0.717) is 5.56 Å². The summed E-state index contributed by atoms with van der Waals surface area (Å²) in [5.74, 6) is -0.649. The number of benzene rings is 1. The van der Waals surface area contributed by atoms with Gasteiger partial charge in [0, 0.05) is 24.6 Å². The predicted molar refractivity (Wildman–Crippen MR) is 71.2 cm³/mol. The van der Waals surface area contributed by atoms with Crippen LogP contribution in [0.15, 0.2) is 28.7 Å². The van der Waals surface area contributed by atoms with Crippen LogP contribution in [0.2, 0.25) is 0 Å². The third-order valence-electron chi connectivity index (χ3n) is 2.60. The zero-order valence-corrected chi connectivity index (χ0v) is 12.1. The highest BCUT2D eigenvalue weighted by atomic mass is 79.9. The molecular formula is C13H17BrO4. The number of hydrogen-bond acceptors (Lipinski definition) is 4. The summed E-state index contributed by atoms with van der Waals surface area (Å²) in [5, 5.41) is 10.5. The quantitative estimate of drug-likeness (QED) is 0.818. The second-order valence-electron chi connectivity index (χ2n) is 3.83. The van der Waals surface area contributed by atoms with Gasteiger partial charge in [-0.05, 0) is 24.6 Å². The lowest BCUT2D eigenvalue weighted by atomic mass is 9.91. The van der Waals surface area contributed by atoms with Gasteiger partial charge in [0.2, 0.25) is 0 Å². The van der Waals surface area contributed by atoms with Gasteiger partial charge in [0.25, 0.3) is 0 Å². The van der Waals surface area contributed by atoms with Gasteiger partial charge in [0.05, 0.1) is 6.61 Å². The summed E-state index contributed by atoms with van der Waals surface area (Å²) in [5.41, 5.74) is -1.16. The number of hydrogen-bond donors (Lipinski definition) is 1. The second-order valence-corrected chi connectivity index (χ2v) is 4.75. The summed E-state index contributed by atoms with van der Waals surface area (Å²) < 4.78 is 10.7. The highest BCUT2D eigenvalue weighted by Gasteiger charge is 2.39. The number of halogens is 1. The molecule has 0 aliphatic heterocycles. The van der Waals surface area contributed by atoms with E-state index in [1.165, 1.54) is 7.11 Å². The molecule has 5 heteroatoms. The monoisotopic (exact) mass is 316 g/mol. The van der Waals surface area contributed by atoms with Crippen molar-refractivity contribution in [2.45, 2.75) is 18.9 Å². The molecule has 1 N–H and O–H groups in total. The molecule has 0 aliphatic rings. The summed E-state index contributed by atoms with van der Waals surface area (Å²) in [6.45, 7) is 2.20. The zero-order valence-electron chi connectivity index (χ0n) is 10.5. The van der Waals surface area contributed by atoms with E-state index in [-0.39, 0.29) is 19.6 Å². The van der Waals surface area contributed by atoms with E-state index in [0.717, 1.165) is 4.47 Å². The van der Waals surface area contributed by atoms with E-state index in [1.807, 2.05) is 0 Å². The number of carbonyl (C=O) groups excluding carboxylic acids is 1. The molecule has 0 radical (unpaired) electrons. The maximum atomic E-state index is 11.9. The molecule has 1 aromatic carbocycles. The molecular weight excluding hydrogens is 300 g/mol. The van der Waals surface area contributed by atoms with Crippen LogP contribution in [0.4, 0.5) is 0 Å². The SMILES string of the molecule is CCOC(=O)[C@](O)(CCOC)c1ccc(Br)cc1. The molecule has 1 rings (SSSR count). The molecule has 1 atom stereocenters. The Labute approximate surface area is 115 Å². The van der Waals surface area contributed by atoms with Crippen LogP contribution < -0.4 is 0 Å². The Kier molecular flexibility index (Phi) is 5.78. The van der Waals surface area contributed by atoms with Gasteiger partial charge in [-0.25, -0.2) is 4.79 Å². The highest BCUT2D eigenvalue weighted by Crippen LogP contribution is 2.28. The molecule has 0 unspecified atom stereocenters. The molecule has 0 heterocycles. The van der Waals surface area contributed by atoms with Gasteiger partial charge in [-0.1, -0.05) is 28.1 Å². The summed E-state index contributed by atoms with van der Waals surface area (Å²) >= 11 is 3.31. The zero-order chi connectivity index (χ0) is 13.6. The summed E-state index contributed by atoms with van der Waals surface area (Å²) in [4.78, 5) is 11.9. The van der Waals surface area contributed by atoms with Crippen LogP contribution in [0.25, 0.3) is 0 Å². The molecule has 0 aromatic heterocycles. The fourth-order valence-corrected chi connectivity index (χ4v) is 1.85. The predicted octanol–water partition coefficient (Wildman–Crippen LogP) is 2.24. The Bertz CT molecular complexity index is 390. The molecule has 0 saturated heterocycles. The minimum absolute atomic E-state index is 0.157. The lowest BCUT2D eigenvalue weighted by Crippen LogP contribution is -2.38. The third kappa shape index (κ3) is 3.54. The van der Waals surface area contributed by atoms with Crippen molar-refractivity contribution < 1.29 is 19.4 Å². The van der Waals surface area contributed by atoms with Crippen LogP contribution in [0, 0.1) is 0 Å². The van der Waals surface area contributed by atoms with Crippen LogP contribution in [-0.4, -0.2) is 31.4 Å². The lowest BCUT2D eigenvalue weighted by Gasteiger charge is -2.26. The lowest BCUT2D eigenvalue weighted by molar-refractivity contribution is -0.168. The highest BCUT2D eigenvalue weighted by molar-refractivity contribution is 9.10. The fourth-order valence-electron chi connectivity index (χ4n) is 1.59. The smallest absolute Gasteiger partial charge is 0.342 e. The third-order valence-corrected chi connectivity index (χ3v) is 3.13. The Balaban J connectivity index is 3.02. The number of methoxy groups -OCH3 is 1. The van der Waals surface area contributed by atoms with Crippen molar-refractivity contribution in [2.75, 3.05) is 20.3 Å². The summed E-state index contributed by atoms with van der Waals surface area (Å²) in [7, 11) is 1.52. The van der Waals surface area contributed by atoms with E-state index in [1.54, 1.807) is 31.2 Å². The minimum Gasteiger partial charge on any atom is -0.464 e. The number of rotatable bonds is 6. The van der Waals surface area contributed by atoms with Crippen LogP contribution in [0.5, 0.6) is 0 Å².